The maximum Gasteiger partial charge on any atom is 0.272 e. The number of amides is 2. The number of carbonyl (C=O) groups is 2. The molecule has 35 heavy (non-hydrogen) atoms. The molecule has 0 saturated heterocycles. The van der Waals surface area contributed by atoms with Crippen molar-refractivity contribution in [3.05, 3.63) is 95.0 Å². The number of nitrogens with one attached hydrogen (secondary N) is 1. The fourth-order valence-corrected chi connectivity index (χ4v) is 3.92. The molecule has 0 spiro atoms. The molecular formula is C27H26ClN3O4. The number of benzene rings is 3. The largest absolute Gasteiger partial charge is 0.491 e. The first kappa shape index (κ1) is 24.4. The Bertz CT molecular complexity index is 1230. The van der Waals surface area contributed by atoms with Crippen LogP contribution in [-0.4, -0.2) is 48.6 Å². The standard InChI is InChI=1S/C27H26ClN3O4/c1-17(23(32)16-35-20-11-7-4-8-12-20)26(33)30-25-27(34)31(2)22-14-13-19(28)15-21(22)24(29-25)18-9-5-3-6-10-18/h3-15,17,23,25,32H,16H2,1-2H3,(H,30,33)/t17-,23+,25?/m1/s1. The molecule has 1 aliphatic rings. The molecule has 180 valence electrons. The Morgan fingerprint density at radius 3 is 2.46 bits per heavy atom. The Balaban J connectivity index is 1.58. The highest BCUT2D eigenvalue weighted by Gasteiger charge is 2.33. The fraction of sp³-hybridized carbons (Fsp3) is 0.222. The lowest BCUT2D eigenvalue weighted by Crippen LogP contribution is -2.49. The SMILES string of the molecule is C[C@@H](C(=O)NC1N=C(c2ccccc2)c2cc(Cl)ccc2N(C)C1=O)[C@@H](O)COc1ccccc1. The number of ether oxygens (including phenoxy) is 1. The van der Waals surface area contributed by atoms with Crippen molar-refractivity contribution in [1.29, 1.82) is 0 Å². The predicted molar refractivity (Wildman–Crippen MR) is 136 cm³/mol. The van der Waals surface area contributed by atoms with Gasteiger partial charge >= 0.3 is 0 Å². The summed E-state index contributed by atoms with van der Waals surface area (Å²) in [5.41, 5.74) is 2.62. The summed E-state index contributed by atoms with van der Waals surface area (Å²) in [4.78, 5) is 32.4. The van der Waals surface area contributed by atoms with Crippen LogP contribution in [0.3, 0.4) is 0 Å². The highest BCUT2D eigenvalue weighted by Crippen LogP contribution is 2.30. The zero-order chi connectivity index (χ0) is 24.9. The zero-order valence-corrected chi connectivity index (χ0v) is 20.1. The molecule has 3 aromatic carbocycles. The molecule has 1 heterocycles. The molecule has 1 aliphatic heterocycles. The number of carbonyl (C=O) groups excluding carboxylic acids is 2. The molecule has 0 saturated carbocycles. The van der Waals surface area contributed by atoms with Gasteiger partial charge in [0.2, 0.25) is 12.1 Å². The number of rotatable bonds is 7. The number of para-hydroxylation sites is 1. The van der Waals surface area contributed by atoms with Gasteiger partial charge in [-0.3, -0.25) is 9.59 Å². The number of aliphatic hydroxyl groups is 1. The van der Waals surface area contributed by atoms with Crippen molar-refractivity contribution in [2.24, 2.45) is 10.9 Å². The Hall–Kier alpha value is -3.68. The van der Waals surface area contributed by atoms with E-state index in [1.165, 1.54) is 4.90 Å². The van der Waals surface area contributed by atoms with Gasteiger partial charge in [-0.05, 0) is 30.3 Å². The number of hydrogen-bond donors (Lipinski definition) is 2. The average molecular weight is 492 g/mol. The maximum absolute atomic E-state index is 13.3. The predicted octanol–water partition coefficient (Wildman–Crippen LogP) is 3.67. The van der Waals surface area contributed by atoms with E-state index in [0.717, 1.165) is 5.56 Å². The van der Waals surface area contributed by atoms with E-state index >= 15 is 0 Å². The molecule has 7 nitrogen and oxygen atoms in total. The van der Waals surface area contributed by atoms with Crippen LogP contribution < -0.4 is 15.0 Å². The lowest BCUT2D eigenvalue weighted by atomic mass is 10.0. The molecule has 8 heteroatoms. The number of hydrogen-bond acceptors (Lipinski definition) is 5. The molecule has 3 aromatic rings. The Labute approximate surface area is 209 Å². The fourth-order valence-electron chi connectivity index (χ4n) is 3.75. The minimum Gasteiger partial charge on any atom is -0.491 e. The average Bonchev–Trinajstić information content (AvgIpc) is 2.98. The number of likely N-dealkylation sites (N-methyl/N-ethyl adjacent to an activating group) is 1. The van der Waals surface area contributed by atoms with Crippen molar-refractivity contribution in [2.75, 3.05) is 18.6 Å². The van der Waals surface area contributed by atoms with Crippen molar-refractivity contribution in [3.8, 4) is 5.75 Å². The van der Waals surface area contributed by atoms with Gasteiger partial charge in [-0.1, -0.05) is 67.1 Å². The van der Waals surface area contributed by atoms with E-state index in [1.807, 2.05) is 48.5 Å². The second-order valence-corrected chi connectivity index (χ2v) is 8.73. The van der Waals surface area contributed by atoms with E-state index in [0.29, 0.717) is 27.7 Å². The summed E-state index contributed by atoms with van der Waals surface area (Å²) in [5, 5.41) is 13.7. The van der Waals surface area contributed by atoms with E-state index in [4.69, 9.17) is 16.3 Å². The molecule has 2 N–H and O–H groups in total. The van der Waals surface area contributed by atoms with E-state index < -0.39 is 30.0 Å². The third-order valence-corrected chi connectivity index (χ3v) is 6.11. The lowest BCUT2D eigenvalue weighted by Gasteiger charge is -2.23. The first-order chi connectivity index (χ1) is 16.8. The van der Waals surface area contributed by atoms with Crippen molar-refractivity contribution in [3.63, 3.8) is 0 Å². The third kappa shape index (κ3) is 5.53. The number of fused-ring (bicyclic) bond motifs is 1. The second kappa shape index (κ2) is 10.7. The van der Waals surface area contributed by atoms with Crippen molar-refractivity contribution in [1.82, 2.24) is 5.32 Å². The summed E-state index contributed by atoms with van der Waals surface area (Å²) in [6.45, 7) is 1.51. The van der Waals surface area contributed by atoms with Crippen LogP contribution in [0, 0.1) is 5.92 Å². The van der Waals surface area contributed by atoms with Gasteiger partial charge in [0, 0.05) is 23.2 Å². The number of anilines is 1. The minimum atomic E-state index is -1.18. The van der Waals surface area contributed by atoms with Gasteiger partial charge in [0.15, 0.2) is 0 Å². The third-order valence-electron chi connectivity index (χ3n) is 5.88. The molecule has 0 aliphatic carbocycles. The van der Waals surface area contributed by atoms with Crippen molar-refractivity contribution >= 4 is 34.8 Å². The quantitative estimate of drug-likeness (QED) is 0.527. The summed E-state index contributed by atoms with van der Waals surface area (Å²) >= 11 is 6.27. The van der Waals surface area contributed by atoms with Gasteiger partial charge in [0.05, 0.1) is 23.4 Å². The minimum absolute atomic E-state index is 0.0699. The van der Waals surface area contributed by atoms with E-state index in [9.17, 15) is 14.7 Å². The number of halogens is 1. The molecule has 1 unspecified atom stereocenters. The summed E-state index contributed by atoms with van der Waals surface area (Å²) in [6.07, 6.45) is -2.26. The van der Waals surface area contributed by atoms with E-state index in [2.05, 4.69) is 10.3 Å². The normalized spacial score (nSPS) is 17.0. The highest BCUT2D eigenvalue weighted by atomic mass is 35.5. The number of aliphatic hydroxyl groups excluding tert-OH is 1. The maximum atomic E-state index is 13.3. The van der Waals surface area contributed by atoms with Crippen LogP contribution in [0.1, 0.15) is 18.1 Å². The second-order valence-electron chi connectivity index (χ2n) is 8.29. The number of nitrogens with zero attached hydrogens (tertiary/aromatic N) is 2. The first-order valence-electron chi connectivity index (χ1n) is 11.2. The van der Waals surface area contributed by atoms with Crippen LogP contribution in [0.15, 0.2) is 83.9 Å². The molecule has 3 atom stereocenters. The van der Waals surface area contributed by atoms with Crippen LogP contribution >= 0.6 is 11.6 Å². The summed E-state index contributed by atoms with van der Waals surface area (Å²) in [7, 11) is 1.63. The van der Waals surface area contributed by atoms with Gasteiger partial charge in [-0.2, -0.15) is 0 Å². The molecular weight excluding hydrogens is 466 g/mol. The highest BCUT2D eigenvalue weighted by molar-refractivity contribution is 6.32. The monoisotopic (exact) mass is 491 g/mol. The molecule has 0 radical (unpaired) electrons. The van der Waals surface area contributed by atoms with E-state index in [-0.39, 0.29) is 6.61 Å². The molecule has 2 amide bonds. The smallest absolute Gasteiger partial charge is 0.272 e. The van der Waals surface area contributed by atoms with Crippen LogP contribution in [0.2, 0.25) is 5.02 Å². The summed E-state index contributed by atoms with van der Waals surface area (Å²) in [5.74, 6) is -1.17. The van der Waals surface area contributed by atoms with E-state index in [1.54, 1.807) is 44.3 Å². The summed E-state index contributed by atoms with van der Waals surface area (Å²) in [6, 6.07) is 23.6. The summed E-state index contributed by atoms with van der Waals surface area (Å²) < 4.78 is 5.57. The van der Waals surface area contributed by atoms with Crippen LogP contribution in [-0.2, 0) is 9.59 Å². The van der Waals surface area contributed by atoms with Gasteiger partial charge in [0.25, 0.3) is 5.91 Å². The van der Waals surface area contributed by atoms with Gasteiger partial charge < -0.3 is 20.1 Å². The van der Waals surface area contributed by atoms with Crippen LogP contribution in [0.25, 0.3) is 0 Å². The molecule has 4 rings (SSSR count). The Morgan fingerprint density at radius 2 is 1.77 bits per heavy atom. The lowest BCUT2D eigenvalue weighted by molar-refractivity contribution is -0.132. The van der Waals surface area contributed by atoms with Crippen LogP contribution in [0.5, 0.6) is 5.75 Å². The molecule has 0 aromatic heterocycles. The van der Waals surface area contributed by atoms with Gasteiger partial charge in [0.1, 0.15) is 12.4 Å². The van der Waals surface area contributed by atoms with Crippen LogP contribution in [0.4, 0.5) is 5.69 Å². The Morgan fingerprint density at radius 1 is 1.11 bits per heavy atom. The van der Waals surface area contributed by atoms with Crippen molar-refractivity contribution < 1.29 is 19.4 Å². The molecule has 0 bridgehead atoms. The van der Waals surface area contributed by atoms with Gasteiger partial charge in [-0.15, -0.1) is 0 Å². The van der Waals surface area contributed by atoms with Crippen molar-refractivity contribution in [2.45, 2.75) is 19.2 Å². The van der Waals surface area contributed by atoms with Gasteiger partial charge in [-0.25, -0.2) is 4.99 Å². The first-order valence-corrected chi connectivity index (χ1v) is 11.6. The zero-order valence-electron chi connectivity index (χ0n) is 19.4. The Kier molecular flexibility index (Phi) is 7.48. The number of benzodiazepines with no additional fused rings is 1. The topological polar surface area (TPSA) is 91.2 Å². The number of aliphatic imine (C=N–C) groups is 1. The molecule has 0 fully saturated rings.